The second-order valence-corrected chi connectivity index (χ2v) is 4.11. The lowest BCUT2D eigenvalue weighted by molar-refractivity contribution is 0.628. The van der Waals surface area contributed by atoms with Gasteiger partial charge in [0.15, 0.2) is 0 Å². The van der Waals surface area contributed by atoms with Gasteiger partial charge in [-0.1, -0.05) is 48.5 Å². The van der Waals surface area contributed by atoms with E-state index in [4.69, 9.17) is 5.73 Å². The van der Waals surface area contributed by atoms with Crippen LogP contribution in [0.5, 0.6) is 0 Å². The maximum absolute atomic E-state index is 12.7. The zero-order valence-electron chi connectivity index (χ0n) is 10.5. The van der Waals surface area contributed by atoms with E-state index in [-0.39, 0.29) is 5.82 Å². The summed E-state index contributed by atoms with van der Waals surface area (Å²) in [5, 5.41) is 0. The molecule has 0 aliphatic rings. The molecule has 2 aromatic carbocycles. The molecule has 0 bridgehead atoms. The van der Waals surface area contributed by atoms with E-state index in [1.807, 2.05) is 36.4 Å². The van der Waals surface area contributed by atoms with Crippen molar-refractivity contribution in [1.82, 2.24) is 0 Å². The highest BCUT2D eigenvalue weighted by atomic mass is 19.1. The smallest absolute Gasteiger partial charge is 0.123 e. The van der Waals surface area contributed by atoms with Crippen molar-refractivity contribution in [3.05, 3.63) is 77.6 Å². The van der Waals surface area contributed by atoms with Crippen molar-refractivity contribution >= 4 is 11.9 Å². The van der Waals surface area contributed by atoms with Crippen molar-refractivity contribution in [3.8, 4) is 0 Å². The molecule has 0 saturated carbocycles. The van der Waals surface area contributed by atoms with Crippen molar-refractivity contribution < 1.29 is 4.39 Å². The van der Waals surface area contributed by atoms with Gasteiger partial charge in [0.2, 0.25) is 0 Å². The number of hydrogen-bond acceptors (Lipinski definition) is 1. The number of amidine groups is 1. The molecule has 0 radical (unpaired) electrons. The molecule has 3 heteroatoms. The molecule has 0 unspecified atom stereocenters. The Labute approximate surface area is 112 Å². The first-order chi connectivity index (χ1) is 9.24. The fourth-order valence-electron chi connectivity index (χ4n) is 1.57. The van der Waals surface area contributed by atoms with Crippen molar-refractivity contribution in [2.24, 2.45) is 10.7 Å². The average Bonchev–Trinajstić information content (AvgIpc) is 2.45. The lowest BCUT2D eigenvalue weighted by Crippen LogP contribution is -2.07. The third-order valence-electron chi connectivity index (χ3n) is 2.60. The summed E-state index contributed by atoms with van der Waals surface area (Å²) in [7, 11) is 0. The van der Waals surface area contributed by atoms with Crippen LogP contribution in [0.15, 0.2) is 65.7 Å². The molecule has 19 heavy (non-hydrogen) atoms. The van der Waals surface area contributed by atoms with E-state index in [0.29, 0.717) is 12.4 Å². The quantitative estimate of drug-likeness (QED) is 0.659. The molecule has 2 rings (SSSR count). The Hall–Kier alpha value is -2.42. The molecule has 0 aromatic heterocycles. The zero-order valence-corrected chi connectivity index (χ0v) is 10.5. The summed E-state index contributed by atoms with van der Waals surface area (Å²) in [6.45, 7) is 0.556. The van der Waals surface area contributed by atoms with Crippen LogP contribution in [0.1, 0.15) is 11.1 Å². The third-order valence-corrected chi connectivity index (χ3v) is 2.60. The summed E-state index contributed by atoms with van der Waals surface area (Å²) < 4.78 is 12.7. The van der Waals surface area contributed by atoms with Crippen molar-refractivity contribution in [1.29, 1.82) is 0 Å². The Bertz CT molecular complexity index is 571. The summed E-state index contributed by atoms with van der Waals surface area (Å²) in [5.74, 6) is 0.205. The van der Waals surface area contributed by atoms with E-state index in [0.717, 1.165) is 11.1 Å². The molecule has 0 spiro atoms. The summed E-state index contributed by atoms with van der Waals surface area (Å²) in [4.78, 5) is 4.26. The third kappa shape index (κ3) is 4.39. The SMILES string of the molecule is NC(/C=C/c1ccc(F)cc1)=NCc1ccccc1. The van der Waals surface area contributed by atoms with E-state index < -0.39 is 0 Å². The van der Waals surface area contributed by atoms with Crippen LogP contribution in [0, 0.1) is 5.82 Å². The topological polar surface area (TPSA) is 38.4 Å². The van der Waals surface area contributed by atoms with E-state index in [1.165, 1.54) is 12.1 Å². The number of nitrogens with two attached hydrogens (primary N) is 1. The minimum Gasteiger partial charge on any atom is -0.384 e. The first-order valence-electron chi connectivity index (χ1n) is 6.01. The van der Waals surface area contributed by atoms with Gasteiger partial charge in [0.1, 0.15) is 11.7 Å². The molecule has 0 saturated heterocycles. The maximum atomic E-state index is 12.7. The van der Waals surface area contributed by atoms with Gasteiger partial charge < -0.3 is 5.73 Å². The predicted molar refractivity (Wildman–Crippen MR) is 77.2 cm³/mol. The van der Waals surface area contributed by atoms with Gasteiger partial charge in [0.25, 0.3) is 0 Å². The Morgan fingerprint density at radius 3 is 2.42 bits per heavy atom. The van der Waals surface area contributed by atoms with Crippen molar-refractivity contribution in [2.45, 2.75) is 6.54 Å². The lowest BCUT2D eigenvalue weighted by atomic mass is 10.2. The molecular formula is C16H15FN2. The van der Waals surface area contributed by atoms with Gasteiger partial charge in [-0.15, -0.1) is 0 Å². The molecule has 96 valence electrons. The van der Waals surface area contributed by atoms with Gasteiger partial charge in [-0.05, 0) is 29.3 Å². The highest BCUT2D eigenvalue weighted by Crippen LogP contribution is 2.05. The minimum atomic E-state index is -0.247. The van der Waals surface area contributed by atoms with Crippen LogP contribution in [0.3, 0.4) is 0 Å². The van der Waals surface area contributed by atoms with Crippen LogP contribution in [0.25, 0.3) is 6.08 Å². The fourth-order valence-corrected chi connectivity index (χ4v) is 1.57. The Morgan fingerprint density at radius 2 is 1.74 bits per heavy atom. The average molecular weight is 254 g/mol. The Kier molecular flexibility index (Phi) is 4.45. The van der Waals surface area contributed by atoms with E-state index >= 15 is 0 Å². The van der Waals surface area contributed by atoms with Crippen LogP contribution in [0.2, 0.25) is 0 Å². The molecule has 0 atom stereocenters. The highest BCUT2D eigenvalue weighted by Gasteiger charge is 1.91. The second-order valence-electron chi connectivity index (χ2n) is 4.11. The molecule has 0 heterocycles. The van der Waals surface area contributed by atoms with Gasteiger partial charge >= 0.3 is 0 Å². The highest BCUT2D eigenvalue weighted by molar-refractivity contribution is 5.95. The van der Waals surface area contributed by atoms with E-state index in [2.05, 4.69) is 4.99 Å². The van der Waals surface area contributed by atoms with Gasteiger partial charge in [-0.2, -0.15) is 0 Å². The molecular weight excluding hydrogens is 239 g/mol. The van der Waals surface area contributed by atoms with Crippen LogP contribution in [0.4, 0.5) is 4.39 Å². The lowest BCUT2D eigenvalue weighted by Gasteiger charge is -1.97. The van der Waals surface area contributed by atoms with Crippen molar-refractivity contribution in [3.63, 3.8) is 0 Å². The van der Waals surface area contributed by atoms with Crippen LogP contribution >= 0.6 is 0 Å². The normalized spacial score (nSPS) is 11.9. The van der Waals surface area contributed by atoms with E-state index in [1.54, 1.807) is 18.2 Å². The standard InChI is InChI=1S/C16H15FN2/c17-15-9-6-13(7-10-15)8-11-16(18)19-12-14-4-2-1-3-5-14/h1-11H,12H2,(H2,18,19)/b11-8+. The molecule has 2 aromatic rings. The number of aliphatic imine (C=N–C) groups is 1. The number of rotatable bonds is 4. The van der Waals surface area contributed by atoms with Gasteiger partial charge in [0, 0.05) is 0 Å². The fraction of sp³-hybridized carbons (Fsp3) is 0.0625. The van der Waals surface area contributed by atoms with Crippen LogP contribution in [-0.2, 0) is 6.54 Å². The summed E-state index contributed by atoms with van der Waals surface area (Å²) in [6.07, 6.45) is 3.53. The monoisotopic (exact) mass is 254 g/mol. The Balaban J connectivity index is 1.96. The van der Waals surface area contributed by atoms with Crippen LogP contribution < -0.4 is 5.73 Å². The second kappa shape index (κ2) is 6.50. The molecule has 0 amide bonds. The molecule has 0 fully saturated rings. The largest absolute Gasteiger partial charge is 0.384 e. The number of benzene rings is 2. The molecule has 2 N–H and O–H groups in total. The summed E-state index contributed by atoms with van der Waals surface area (Å²) in [6, 6.07) is 16.1. The van der Waals surface area contributed by atoms with Gasteiger partial charge in [-0.3, -0.25) is 4.99 Å². The maximum Gasteiger partial charge on any atom is 0.123 e. The predicted octanol–water partition coefficient (Wildman–Crippen LogP) is 3.40. The number of nitrogens with zero attached hydrogens (tertiary/aromatic N) is 1. The minimum absolute atomic E-state index is 0.247. The summed E-state index contributed by atoms with van der Waals surface area (Å²) in [5.41, 5.74) is 7.79. The van der Waals surface area contributed by atoms with Gasteiger partial charge in [-0.25, -0.2) is 4.39 Å². The zero-order chi connectivity index (χ0) is 13.5. The molecule has 2 nitrogen and oxygen atoms in total. The first kappa shape index (κ1) is 13.0. The Morgan fingerprint density at radius 1 is 1.05 bits per heavy atom. The van der Waals surface area contributed by atoms with Gasteiger partial charge in [0.05, 0.1) is 6.54 Å². The molecule has 0 aliphatic heterocycles. The van der Waals surface area contributed by atoms with E-state index in [9.17, 15) is 4.39 Å². The molecule has 0 aliphatic carbocycles. The number of halogens is 1. The number of hydrogen-bond donors (Lipinski definition) is 1. The van der Waals surface area contributed by atoms with Crippen molar-refractivity contribution in [2.75, 3.05) is 0 Å². The van der Waals surface area contributed by atoms with Crippen LogP contribution in [-0.4, -0.2) is 5.84 Å². The summed E-state index contributed by atoms with van der Waals surface area (Å²) >= 11 is 0. The first-order valence-corrected chi connectivity index (χ1v) is 6.01.